The summed E-state index contributed by atoms with van der Waals surface area (Å²) in [5.41, 5.74) is 4.12. The maximum absolute atomic E-state index is 12.1. The van der Waals surface area contributed by atoms with Crippen molar-refractivity contribution in [3.8, 4) is 0 Å². The Kier molecular flexibility index (Phi) is 3.95. The highest BCUT2D eigenvalue weighted by atomic mass is 16.1. The highest BCUT2D eigenvalue weighted by Crippen LogP contribution is 2.19. The van der Waals surface area contributed by atoms with Crippen LogP contribution in [0.15, 0.2) is 42.7 Å². The van der Waals surface area contributed by atoms with E-state index >= 15 is 0 Å². The zero-order chi connectivity index (χ0) is 13.8. The second kappa shape index (κ2) is 5.65. The minimum Gasteiger partial charge on any atom is -0.345 e. The topological polar surface area (TPSA) is 42.0 Å². The fourth-order valence-corrected chi connectivity index (χ4v) is 2.08. The number of carbonyl (C=O) groups excluding carboxylic acids is 1. The van der Waals surface area contributed by atoms with Crippen LogP contribution in [0.5, 0.6) is 0 Å². The molecule has 1 heterocycles. The van der Waals surface area contributed by atoms with Crippen LogP contribution in [0.2, 0.25) is 0 Å². The van der Waals surface area contributed by atoms with Gasteiger partial charge in [-0.15, -0.1) is 0 Å². The van der Waals surface area contributed by atoms with Gasteiger partial charge in [0, 0.05) is 12.4 Å². The van der Waals surface area contributed by atoms with Gasteiger partial charge in [-0.1, -0.05) is 23.8 Å². The summed E-state index contributed by atoms with van der Waals surface area (Å²) < 4.78 is 0. The largest absolute Gasteiger partial charge is 0.345 e. The van der Waals surface area contributed by atoms with Gasteiger partial charge in [0.1, 0.15) is 0 Å². The highest BCUT2D eigenvalue weighted by Gasteiger charge is 2.13. The molecule has 2 aromatic rings. The fourth-order valence-electron chi connectivity index (χ4n) is 2.08. The Hall–Kier alpha value is -2.16. The van der Waals surface area contributed by atoms with Gasteiger partial charge in [-0.2, -0.15) is 0 Å². The molecule has 3 heteroatoms. The smallest absolute Gasteiger partial charge is 0.253 e. The Bertz CT molecular complexity index is 579. The van der Waals surface area contributed by atoms with Crippen molar-refractivity contribution in [1.82, 2.24) is 10.3 Å². The molecule has 19 heavy (non-hydrogen) atoms. The number of pyridine rings is 1. The van der Waals surface area contributed by atoms with Crippen molar-refractivity contribution >= 4 is 5.91 Å². The highest BCUT2D eigenvalue weighted by molar-refractivity contribution is 5.94. The Labute approximate surface area is 113 Å². The number of nitrogens with zero attached hydrogens (tertiary/aromatic N) is 1. The van der Waals surface area contributed by atoms with E-state index in [1.165, 1.54) is 11.1 Å². The second-order valence-corrected chi connectivity index (χ2v) is 4.80. The number of benzene rings is 1. The van der Waals surface area contributed by atoms with Crippen molar-refractivity contribution < 1.29 is 4.79 Å². The van der Waals surface area contributed by atoms with E-state index in [2.05, 4.69) is 42.3 Å². The number of hydrogen-bond donors (Lipinski definition) is 1. The third kappa shape index (κ3) is 3.19. The number of hydrogen-bond acceptors (Lipinski definition) is 2. The van der Waals surface area contributed by atoms with Crippen LogP contribution < -0.4 is 5.32 Å². The molecule has 0 unspecified atom stereocenters. The van der Waals surface area contributed by atoms with Crippen LogP contribution >= 0.6 is 0 Å². The predicted octanol–water partition coefficient (Wildman–Crippen LogP) is 3.19. The van der Waals surface area contributed by atoms with E-state index in [9.17, 15) is 4.79 Å². The maximum atomic E-state index is 12.1. The van der Waals surface area contributed by atoms with Crippen molar-refractivity contribution in [2.24, 2.45) is 0 Å². The molecule has 0 radical (unpaired) electrons. The molecule has 1 N–H and O–H groups in total. The molecule has 1 aromatic heterocycles. The van der Waals surface area contributed by atoms with Crippen LogP contribution in [0.25, 0.3) is 0 Å². The molecular weight excluding hydrogens is 236 g/mol. The zero-order valence-corrected chi connectivity index (χ0v) is 11.5. The summed E-state index contributed by atoms with van der Waals surface area (Å²) in [5, 5.41) is 3.00. The average molecular weight is 254 g/mol. The molecule has 0 saturated heterocycles. The van der Waals surface area contributed by atoms with Crippen molar-refractivity contribution in [2.45, 2.75) is 26.8 Å². The van der Waals surface area contributed by atoms with Gasteiger partial charge in [-0.25, -0.2) is 0 Å². The molecule has 2 rings (SSSR count). The summed E-state index contributed by atoms with van der Waals surface area (Å²) >= 11 is 0. The number of amides is 1. The Morgan fingerprint density at radius 1 is 1.26 bits per heavy atom. The summed E-state index contributed by atoms with van der Waals surface area (Å²) in [7, 11) is 0. The number of nitrogens with one attached hydrogen (secondary N) is 1. The zero-order valence-electron chi connectivity index (χ0n) is 11.5. The van der Waals surface area contributed by atoms with Crippen molar-refractivity contribution in [3.05, 3.63) is 65.0 Å². The lowest BCUT2D eigenvalue weighted by molar-refractivity contribution is 0.0939. The Balaban J connectivity index is 2.15. The number of carbonyl (C=O) groups is 1. The molecule has 0 fully saturated rings. The molecule has 0 aliphatic heterocycles. The summed E-state index contributed by atoms with van der Waals surface area (Å²) in [6.45, 7) is 6.11. The van der Waals surface area contributed by atoms with E-state index in [1.807, 2.05) is 6.92 Å². The minimum atomic E-state index is -0.0958. The lowest BCUT2D eigenvalue weighted by Crippen LogP contribution is -2.27. The molecule has 0 aliphatic rings. The predicted molar refractivity (Wildman–Crippen MR) is 76.0 cm³/mol. The molecule has 1 atom stereocenters. The van der Waals surface area contributed by atoms with Crippen LogP contribution in [0, 0.1) is 13.8 Å². The van der Waals surface area contributed by atoms with Crippen LogP contribution in [0.1, 0.15) is 40.0 Å². The van der Waals surface area contributed by atoms with Gasteiger partial charge in [0.2, 0.25) is 0 Å². The first-order valence-electron chi connectivity index (χ1n) is 6.36. The van der Waals surface area contributed by atoms with Crippen molar-refractivity contribution in [3.63, 3.8) is 0 Å². The van der Waals surface area contributed by atoms with Gasteiger partial charge in [-0.05, 0) is 44.0 Å². The molecule has 0 aliphatic carbocycles. The van der Waals surface area contributed by atoms with Crippen molar-refractivity contribution in [1.29, 1.82) is 0 Å². The lowest BCUT2D eigenvalue weighted by atomic mass is 10.00. The molecule has 0 bridgehead atoms. The van der Waals surface area contributed by atoms with Gasteiger partial charge >= 0.3 is 0 Å². The normalized spacial score (nSPS) is 11.9. The molecular formula is C16H18N2O. The van der Waals surface area contributed by atoms with Gasteiger partial charge in [-0.3, -0.25) is 9.78 Å². The standard InChI is InChI=1S/C16H18N2O/c1-11-6-7-12(2)15(9-11)13(3)18-16(19)14-5-4-8-17-10-14/h4-10,13H,1-3H3,(H,18,19)/t13-/m1/s1. The van der Waals surface area contributed by atoms with Crippen LogP contribution in [0.4, 0.5) is 0 Å². The quantitative estimate of drug-likeness (QED) is 0.914. The third-order valence-corrected chi connectivity index (χ3v) is 3.17. The average Bonchev–Trinajstić information content (AvgIpc) is 2.42. The molecule has 0 saturated carbocycles. The van der Waals surface area contributed by atoms with E-state index in [1.54, 1.807) is 24.5 Å². The van der Waals surface area contributed by atoms with E-state index in [4.69, 9.17) is 0 Å². The monoisotopic (exact) mass is 254 g/mol. The van der Waals surface area contributed by atoms with Gasteiger partial charge in [0.05, 0.1) is 11.6 Å². The third-order valence-electron chi connectivity index (χ3n) is 3.17. The number of rotatable bonds is 3. The fraction of sp³-hybridized carbons (Fsp3) is 0.250. The van der Waals surface area contributed by atoms with E-state index < -0.39 is 0 Å². The Morgan fingerprint density at radius 2 is 2.05 bits per heavy atom. The van der Waals surface area contributed by atoms with Crippen LogP contribution in [0.3, 0.4) is 0 Å². The van der Waals surface area contributed by atoms with Gasteiger partial charge < -0.3 is 5.32 Å². The molecule has 0 spiro atoms. The molecule has 3 nitrogen and oxygen atoms in total. The van der Waals surface area contributed by atoms with Crippen LogP contribution in [-0.4, -0.2) is 10.9 Å². The minimum absolute atomic E-state index is 0.0207. The summed E-state index contributed by atoms with van der Waals surface area (Å²) in [6.07, 6.45) is 3.23. The summed E-state index contributed by atoms with van der Waals surface area (Å²) in [4.78, 5) is 16.0. The number of aryl methyl sites for hydroxylation is 2. The first kappa shape index (κ1) is 13.3. The van der Waals surface area contributed by atoms with Crippen LogP contribution in [-0.2, 0) is 0 Å². The number of aromatic nitrogens is 1. The summed E-state index contributed by atoms with van der Waals surface area (Å²) in [5.74, 6) is -0.0958. The van der Waals surface area contributed by atoms with E-state index in [-0.39, 0.29) is 11.9 Å². The SMILES string of the molecule is Cc1ccc(C)c([C@@H](C)NC(=O)c2cccnc2)c1. The maximum Gasteiger partial charge on any atom is 0.253 e. The van der Waals surface area contributed by atoms with E-state index in [0.29, 0.717) is 5.56 Å². The van der Waals surface area contributed by atoms with E-state index in [0.717, 1.165) is 5.56 Å². The summed E-state index contributed by atoms with van der Waals surface area (Å²) in [6, 6.07) is 9.78. The first-order chi connectivity index (χ1) is 9.08. The van der Waals surface area contributed by atoms with Crippen molar-refractivity contribution in [2.75, 3.05) is 0 Å². The molecule has 98 valence electrons. The Morgan fingerprint density at radius 3 is 2.74 bits per heavy atom. The lowest BCUT2D eigenvalue weighted by Gasteiger charge is -2.17. The van der Waals surface area contributed by atoms with Gasteiger partial charge in [0.15, 0.2) is 0 Å². The molecule has 1 amide bonds. The first-order valence-corrected chi connectivity index (χ1v) is 6.36. The molecule has 1 aromatic carbocycles. The van der Waals surface area contributed by atoms with Gasteiger partial charge in [0.25, 0.3) is 5.91 Å². The second-order valence-electron chi connectivity index (χ2n) is 4.80.